The Morgan fingerprint density at radius 3 is 2.72 bits per heavy atom. The molecule has 0 saturated heterocycles. The van der Waals surface area contributed by atoms with Gasteiger partial charge in [0.2, 0.25) is 5.91 Å². The molecule has 3 nitrogen and oxygen atoms in total. The molecule has 0 saturated carbocycles. The lowest BCUT2D eigenvalue weighted by Crippen LogP contribution is -2.28. The molecule has 1 rings (SSSR count). The van der Waals surface area contributed by atoms with E-state index in [1.807, 2.05) is 0 Å². The van der Waals surface area contributed by atoms with Crippen LogP contribution in [-0.2, 0) is 11.0 Å². The van der Waals surface area contributed by atoms with E-state index in [0.29, 0.717) is 0 Å². The number of alkyl halides is 4. The lowest BCUT2D eigenvalue weighted by atomic mass is 10.2. The summed E-state index contributed by atoms with van der Waals surface area (Å²) < 4.78 is 42.2. The summed E-state index contributed by atoms with van der Waals surface area (Å²) in [5, 5.41) is 2.43. The number of benzene rings is 1. The zero-order chi connectivity index (χ0) is 13.6. The van der Waals surface area contributed by atoms with E-state index < -0.39 is 11.7 Å². The van der Waals surface area contributed by atoms with Crippen LogP contribution in [0.2, 0.25) is 0 Å². The third kappa shape index (κ3) is 4.83. The molecule has 7 heteroatoms. The predicted molar refractivity (Wildman–Crippen MR) is 60.7 cm³/mol. The third-order valence-electron chi connectivity index (χ3n) is 1.98. The minimum atomic E-state index is -4.40. The van der Waals surface area contributed by atoms with Crippen LogP contribution >= 0.6 is 11.6 Å². The Morgan fingerprint density at radius 2 is 2.11 bits per heavy atom. The van der Waals surface area contributed by atoms with E-state index in [4.69, 9.17) is 16.3 Å². The van der Waals surface area contributed by atoms with Gasteiger partial charge in [0.15, 0.2) is 0 Å². The molecule has 0 aliphatic heterocycles. The molecule has 0 aliphatic carbocycles. The summed E-state index contributed by atoms with van der Waals surface area (Å²) in [4.78, 5) is 10.8. The van der Waals surface area contributed by atoms with Crippen molar-refractivity contribution in [3.63, 3.8) is 0 Å². The molecule has 0 bridgehead atoms. The van der Waals surface area contributed by atoms with Crippen molar-refractivity contribution in [3.8, 4) is 5.75 Å². The highest BCUT2D eigenvalue weighted by atomic mass is 35.5. The van der Waals surface area contributed by atoms with Crippen molar-refractivity contribution in [2.75, 3.05) is 19.0 Å². The number of carbonyl (C=O) groups is 1. The average molecular weight is 282 g/mol. The Balaban J connectivity index is 2.46. The number of hydrogen-bond acceptors (Lipinski definition) is 2. The molecule has 100 valence electrons. The predicted octanol–water partition coefficient (Wildman–Crippen LogP) is 2.44. The lowest BCUT2D eigenvalue weighted by molar-refractivity contribution is -0.137. The Kier molecular flexibility index (Phi) is 5.27. The quantitative estimate of drug-likeness (QED) is 0.665. The molecule has 1 amide bonds. The molecule has 0 heterocycles. The largest absolute Gasteiger partial charge is 0.492 e. The van der Waals surface area contributed by atoms with Gasteiger partial charge in [0, 0.05) is 0 Å². The van der Waals surface area contributed by atoms with E-state index in [0.717, 1.165) is 12.1 Å². The van der Waals surface area contributed by atoms with Crippen molar-refractivity contribution < 1.29 is 22.7 Å². The molecule has 18 heavy (non-hydrogen) atoms. The monoisotopic (exact) mass is 281 g/mol. The first-order valence-electron chi connectivity index (χ1n) is 5.06. The van der Waals surface area contributed by atoms with Crippen molar-refractivity contribution in [3.05, 3.63) is 29.8 Å². The van der Waals surface area contributed by atoms with Crippen LogP contribution in [0, 0.1) is 0 Å². The van der Waals surface area contributed by atoms with Gasteiger partial charge >= 0.3 is 6.18 Å². The molecule has 1 aromatic rings. The first kappa shape index (κ1) is 14.6. The Morgan fingerprint density at radius 1 is 1.39 bits per heavy atom. The molecular weight excluding hydrogens is 271 g/mol. The van der Waals surface area contributed by atoms with Gasteiger partial charge in [-0.1, -0.05) is 6.07 Å². The Bertz CT molecular complexity index is 410. The molecule has 0 fully saturated rings. The fourth-order valence-corrected chi connectivity index (χ4v) is 1.26. The van der Waals surface area contributed by atoms with Crippen molar-refractivity contribution in [2.24, 2.45) is 0 Å². The minimum absolute atomic E-state index is 0.0734. The fourth-order valence-electron chi connectivity index (χ4n) is 1.17. The zero-order valence-electron chi connectivity index (χ0n) is 9.26. The van der Waals surface area contributed by atoms with E-state index in [9.17, 15) is 18.0 Å². The molecule has 0 spiro atoms. The lowest BCUT2D eigenvalue weighted by Gasteiger charge is -2.10. The van der Waals surface area contributed by atoms with E-state index in [-0.39, 0.29) is 30.7 Å². The Labute approximate surface area is 107 Å². The minimum Gasteiger partial charge on any atom is -0.492 e. The number of halogens is 4. The van der Waals surface area contributed by atoms with E-state index in [1.165, 1.54) is 12.1 Å². The van der Waals surface area contributed by atoms with Crippen LogP contribution in [0.3, 0.4) is 0 Å². The van der Waals surface area contributed by atoms with Gasteiger partial charge in [-0.3, -0.25) is 4.79 Å². The van der Waals surface area contributed by atoms with Crippen molar-refractivity contribution in [1.29, 1.82) is 0 Å². The van der Waals surface area contributed by atoms with Crippen molar-refractivity contribution in [2.45, 2.75) is 6.18 Å². The van der Waals surface area contributed by atoms with Gasteiger partial charge in [-0.2, -0.15) is 13.2 Å². The molecular formula is C11H11ClF3NO2. The molecule has 1 N–H and O–H groups in total. The molecule has 0 aromatic heterocycles. The van der Waals surface area contributed by atoms with Crippen molar-refractivity contribution >= 4 is 17.5 Å². The van der Waals surface area contributed by atoms with Crippen LogP contribution in [0.25, 0.3) is 0 Å². The second-order valence-corrected chi connectivity index (χ2v) is 3.62. The highest BCUT2D eigenvalue weighted by Crippen LogP contribution is 2.31. The van der Waals surface area contributed by atoms with Crippen LogP contribution in [0.1, 0.15) is 5.56 Å². The number of amides is 1. The number of hydrogen-bond donors (Lipinski definition) is 1. The second-order valence-electron chi connectivity index (χ2n) is 3.36. The molecule has 0 atom stereocenters. The third-order valence-corrected chi connectivity index (χ3v) is 2.22. The van der Waals surface area contributed by atoms with Gasteiger partial charge in [-0.25, -0.2) is 0 Å². The first-order chi connectivity index (χ1) is 8.43. The smallest absolute Gasteiger partial charge is 0.416 e. The summed E-state index contributed by atoms with van der Waals surface area (Å²) in [5.74, 6) is -0.418. The van der Waals surface area contributed by atoms with Gasteiger partial charge in [0.1, 0.15) is 18.2 Å². The SMILES string of the molecule is O=C(CCl)NCCOc1cccc(C(F)(F)F)c1. The summed E-state index contributed by atoms with van der Waals surface area (Å²) in [6, 6.07) is 4.54. The van der Waals surface area contributed by atoms with E-state index in [1.54, 1.807) is 0 Å². The number of rotatable bonds is 5. The van der Waals surface area contributed by atoms with Crippen LogP contribution in [0.5, 0.6) is 5.75 Å². The van der Waals surface area contributed by atoms with Crippen LogP contribution in [-0.4, -0.2) is 24.9 Å². The number of nitrogens with one attached hydrogen (secondary N) is 1. The van der Waals surface area contributed by atoms with E-state index >= 15 is 0 Å². The number of ether oxygens (including phenoxy) is 1. The summed E-state index contributed by atoms with van der Waals surface area (Å²) in [7, 11) is 0. The molecule has 0 radical (unpaired) electrons. The van der Waals surface area contributed by atoms with Crippen LogP contribution in [0.4, 0.5) is 13.2 Å². The standard InChI is InChI=1S/C11H11ClF3NO2/c12-7-10(17)16-4-5-18-9-3-1-2-8(6-9)11(13,14)15/h1-3,6H,4-5,7H2,(H,16,17). The topological polar surface area (TPSA) is 38.3 Å². The summed E-state index contributed by atoms with van der Waals surface area (Å²) in [5.41, 5.74) is -0.773. The Hall–Kier alpha value is -1.43. The normalized spacial score (nSPS) is 11.1. The summed E-state index contributed by atoms with van der Waals surface area (Å²) in [6.45, 7) is 0.256. The second kappa shape index (κ2) is 6.49. The highest BCUT2D eigenvalue weighted by molar-refractivity contribution is 6.27. The van der Waals surface area contributed by atoms with Gasteiger partial charge in [-0.15, -0.1) is 11.6 Å². The summed E-state index contributed by atoms with van der Waals surface area (Å²) >= 11 is 5.24. The van der Waals surface area contributed by atoms with Crippen LogP contribution < -0.4 is 10.1 Å². The maximum absolute atomic E-state index is 12.4. The maximum atomic E-state index is 12.4. The van der Waals surface area contributed by atoms with Gasteiger partial charge in [0.05, 0.1) is 12.1 Å². The highest BCUT2D eigenvalue weighted by Gasteiger charge is 2.30. The molecule has 0 aliphatic rings. The average Bonchev–Trinajstić information content (AvgIpc) is 2.33. The van der Waals surface area contributed by atoms with Gasteiger partial charge < -0.3 is 10.1 Å². The maximum Gasteiger partial charge on any atom is 0.416 e. The van der Waals surface area contributed by atoms with Gasteiger partial charge in [0.25, 0.3) is 0 Å². The fraction of sp³-hybridized carbons (Fsp3) is 0.364. The van der Waals surface area contributed by atoms with Crippen LogP contribution in [0.15, 0.2) is 24.3 Å². The van der Waals surface area contributed by atoms with Crippen molar-refractivity contribution in [1.82, 2.24) is 5.32 Å². The van der Waals surface area contributed by atoms with E-state index in [2.05, 4.69) is 5.32 Å². The number of carbonyl (C=O) groups excluding carboxylic acids is 1. The zero-order valence-corrected chi connectivity index (χ0v) is 10.0. The first-order valence-corrected chi connectivity index (χ1v) is 5.59. The summed E-state index contributed by atoms with van der Waals surface area (Å²) in [6.07, 6.45) is -4.40. The molecule has 1 aromatic carbocycles. The molecule has 0 unspecified atom stereocenters. The van der Waals surface area contributed by atoms with Gasteiger partial charge in [-0.05, 0) is 18.2 Å².